The number of likely N-dealkylation sites (tertiary alicyclic amines) is 1. The predicted octanol–water partition coefficient (Wildman–Crippen LogP) is 0.983. The van der Waals surface area contributed by atoms with Crippen LogP contribution in [0.25, 0.3) is 0 Å². The van der Waals surface area contributed by atoms with E-state index in [9.17, 15) is 14.7 Å². The van der Waals surface area contributed by atoms with Gasteiger partial charge in [0, 0.05) is 6.04 Å². The van der Waals surface area contributed by atoms with Crippen molar-refractivity contribution in [1.82, 2.24) is 10.2 Å². The van der Waals surface area contributed by atoms with Crippen LogP contribution in [0.4, 0.5) is 0 Å². The van der Waals surface area contributed by atoms with E-state index in [1.807, 2.05) is 0 Å². The van der Waals surface area contributed by atoms with Crippen molar-refractivity contribution in [2.75, 3.05) is 6.54 Å². The van der Waals surface area contributed by atoms with Gasteiger partial charge in [0.15, 0.2) is 0 Å². The van der Waals surface area contributed by atoms with Crippen LogP contribution in [0.1, 0.15) is 44.9 Å². The molecule has 3 aliphatic rings. The first-order valence-corrected chi connectivity index (χ1v) is 7.47. The van der Waals surface area contributed by atoms with Gasteiger partial charge in [-0.2, -0.15) is 0 Å². The van der Waals surface area contributed by atoms with Gasteiger partial charge in [-0.15, -0.1) is 0 Å². The number of nitrogens with one attached hydrogen (secondary N) is 1. The van der Waals surface area contributed by atoms with Crippen LogP contribution in [0, 0.1) is 5.92 Å². The number of amides is 1. The fourth-order valence-corrected chi connectivity index (χ4v) is 4.07. The molecule has 1 saturated carbocycles. The Bertz CT molecular complexity index is 379. The monoisotopic (exact) mass is 266 g/mol. The number of rotatable bonds is 2. The number of fused-ring (bicyclic) bond motifs is 1. The van der Waals surface area contributed by atoms with Gasteiger partial charge in [0.1, 0.15) is 6.04 Å². The summed E-state index contributed by atoms with van der Waals surface area (Å²) in [4.78, 5) is 25.8. The van der Waals surface area contributed by atoms with Gasteiger partial charge in [-0.3, -0.25) is 4.79 Å². The Labute approximate surface area is 113 Å². The zero-order chi connectivity index (χ0) is 13.4. The van der Waals surface area contributed by atoms with E-state index in [2.05, 4.69) is 5.32 Å². The minimum atomic E-state index is -0.833. The standard InChI is InChI=1S/C14H22N2O3/c17-13(10-5-3-7-15-10)16-11-6-2-1-4-9(11)8-12(16)14(18)19/h9-12,15H,1-8H2,(H,18,19)/t9?,10-,11?,12?/m0/s1. The van der Waals surface area contributed by atoms with Crippen molar-refractivity contribution in [3.05, 3.63) is 0 Å². The third-order valence-corrected chi connectivity index (χ3v) is 4.99. The maximum absolute atomic E-state index is 12.6. The van der Waals surface area contributed by atoms with E-state index >= 15 is 0 Å². The molecule has 2 saturated heterocycles. The Hall–Kier alpha value is -1.10. The third kappa shape index (κ3) is 2.24. The number of nitrogens with zero attached hydrogens (tertiary/aromatic N) is 1. The Morgan fingerprint density at radius 3 is 2.58 bits per heavy atom. The molecule has 3 unspecified atom stereocenters. The predicted molar refractivity (Wildman–Crippen MR) is 69.7 cm³/mol. The lowest BCUT2D eigenvalue weighted by atomic mass is 9.84. The number of aliphatic carboxylic acids is 1. The highest BCUT2D eigenvalue weighted by Crippen LogP contribution is 2.40. The lowest BCUT2D eigenvalue weighted by Gasteiger charge is -2.34. The summed E-state index contributed by atoms with van der Waals surface area (Å²) in [6, 6.07) is -0.574. The number of hydrogen-bond acceptors (Lipinski definition) is 3. The Morgan fingerprint density at radius 1 is 1.11 bits per heavy atom. The molecule has 0 bridgehead atoms. The molecule has 5 heteroatoms. The van der Waals surface area contributed by atoms with E-state index in [1.54, 1.807) is 4.90 Å². The normalized spacial score (nSPS) is 38.2. The molecule has 1 aliphatic carbocycles. The van der Waals surface area contributed by atoms with Gasteiger partial charge >= 0.3 is 5.97 Å². The van der Waals surface area contributed by atoms with Crippen molar-refractivity contribution < 1.29 is 14.7 Å². The largest absolute Gasteiger partial charge is 0.480 e. The molecule has 0 spiro atoms. The van der Waals surface area contributed by atoms with Gasteiger partial charge in [-0.1, -0.05) is 12.8 Å². The molecule has 19 heavy (non-hydrogen) atoms. The van der Waals surface area contributed by atoms with Crippen LogP contribution in [0.5, 0.6) is 0 Å². The minimum Gasteiger partial charge on any atom is -0.480 e. The summed E-state index contributed by atoms with van der Waals surface area (Å²) in [5.41, 5.74) is 0. The van der Waals surface area contributed by atoms with Crippen molar-refractivity contribution in [1.29, 1.82) is 0 Å². The van der Waals surface area contributed by atoms with E-state index in [0.29, 0.717) is 12.3 Å². The van der Waals surface area contributed by atoms with E-state index in [0.717, 1.165) is 38.6 Å². The summed E-state index contributed by atoms with van der Waals surface area (Å²) in [5.74, 6) is -0.403. The number of carbonyl (C=O) groups is 2. The molecule has 1 amide bonds. The molecule has 5 nitrogen and oxygen atoms in total. The van der Waals surface area contributed by atoms with Crippen molar-refractivity contribution in [2.45, 2.75) is 63.1 Å². The molecular weight excluding hydrogens is 244 g/mol. The van der Waals surface area contributed by atoms with Crippen LogP contribution in [-0.4, -0.2) is 46.6 Å². The second-order valence-electron chi connectivity index (χ2n) is 6.10. The average Bonchev–Trinajstić information content (AvgIpc) is 3.05. The summed E-state index contributed by atoms with van der Waals surface area (Å²) in [7, 11) is 0. The average molecular weight is 266 g/mol. The summed E-state index contributed by atoms with van der Waals surface area (Å²) < 4.78 is 0. The highest BCUT2D eigenvalue weighted by Gasteiger charge is 2.48. The van der Waals surface area contributed by atoms with E-state index < -0.39 is 12.0 Å². The second kappa shape index (κ2) is 5.12. The Kier molecular flexibility index (Phi) is 3.48. The van der Waals surface area contributed by atoms with Gasteiger partial charge in [0.25, 0.3) is 0 Å². The molecule has 2 aliphatic heterocycles. The molecule has 0 aromatic carbocycles. The molecule has 3 fully saturated rings. The first-order valence-electron chi connectivity index (χ1n) is 7.47. The van der Waals surface area contributed by atoms with Crippen LogP contribution >= 0.6 is 0 Å². The lowest BCUT2D eigenvalue weighted by molar-refractivity contribution is -0.150. The van der Waals surface area contributed by atoms with Crippen LogP contribution in [-0.2, 0) is 9.59 Å². The van der Waals surface area contributed by atoms with Crippen molar-refractivity contribution in [3.63, 3.8) is 0 Å². The Morgan fingerprint density at radius 2 is 1.89 bits per heavy atom. The van der Waals surface area contributed by atoms with E-state index in [4.69, 9.17) is 0 Å². The van der Waals surface area contributed by atoms with Crippen molar-refractivity contribution in [3.8, 4) is 0 Å². The molecular formula is C14H22N2O3. The van der Waals surface area contributed by atoms with Gasteiger partial charge in [0.05, 0.1) is 6.04 Å². The summed E-state index contributed by atoms with van der Waals surface area (Å²) in [6.45, 7) is 0.871. The highest BCUT2D eigenvalue weighted by molar-refractivity contribution is 5.88. The number of hydrogen-bond donors (Lipinski definition) is 2. The van der Waals surface area contributed by atoms with Crippen LogP contribution in [0.15, 0.2) is 0 Å². The van der Waals surface area contributed by atoms with E-state index in [1.165, 1.54) is 6.42 Å². The van der Waals surface area contributed by atoms with Crippen LogP contribution in [0.3, 0.4) is 0 Å². The highest BCUT2D eigenvalue weighted by atomic mass is 16.4. The fourth-order valence-electron chi connectivity index (χ4n) is 4.07. The number of carbonyl (C=O) groups excluding carboxylic acids is 1. The second-order valence-corrected chi connectivity index (χ2v) is 6.10. The SMILES string of the molecule is O=C(O)C1CC2CCCCC2N1C(=O)[C@@H]1CCCN1. The molecule has 4 atom stereocenters. The Balaban J connectivity index is 1.81. The molecule has 106 valence electrons. The summed E-state index contributed by atoms with van der Waals surface area (Å²) in [6.07, 6.45) is 6.86. The van der Waals surface area contributed by atoms with Gasteiger partial charge in [0.2, 0.25) is 5.91 Å². The lowest BCUT2D eigenvalue weighted by Crippen LogP contribution is -2.52. The fraction of sp³-hybridized carbons (Fsp3) is 0.857. The van der Waals surface area contributed by atoms with Gasteiger partial charge < -0.3 is 15.3 Å². The number of carboxylic acid groups (broad SMARTS) is 1. The molecule has 3 rings (SSSR count). The molecule has 2 heterocycles. The van der Waals surface area contributed by atoms with Crippen molar-refractivity contribution in [2.24, 2.45) is 5.92 Å². The minimum absolute atomic E-state index is 0.0271. The number of carboxylic acids is 1. The molecule has 2 N–H and O–H groups in total. The topological polar surface area (TPSA) is 69.6 Å². The van der Waals surface area contributed by atoms with Crippen LogP contribution < -0.4 is 5.32 Å². The first-order chi connectivity index (χ1) is 9.18. The third-order valence-electron chi connectivity index (χ3n) is 4.99. The van der Waals surface area contributed by atoms with Gasteiger partial charge in [-0.25, -0.2) is 4.79 Å². The smallest absolute Gasteiger partial charge is 0.326 e. The zero-order valence-corrected chi connectivity index (χ0v) is 11.2. The van der Waals surface area contributed by atoms with E-state index in [-0.39, 0.29) is 18.0 Å². The quantitative estimate of drug-likeness (QED) is 0.782. The maximum atomic E-state index is 12.6. The first kappa shape index (κ1) is 12.9. The van der Waals surface area contributed by atoms with Gasteiger partial charge in [-0.05, 0) is 44.6 Å². The van der Waals surface area contributed by atoms with Crippen LogP contribution in [0.2, 0.25) is 0 Å². The molecule has 0 radical (unpaired) electrons. The molecule has 0 aromatic rings. The zero-order valence-electron chi connectivity index (χ0n) is 11.2. The maximum Gasteiger partial charge on any atom is 0.326 e. The summed E-state index contributed by atoms with van der Waals surface area (Å²) in [5, 5.41) is 12.6. The van der Waals surface area contributed by atoms with Crippen molar-refractivity contribution >= 4 is 11.9 Å². The summed E-state index contributed by atoms with van der Waals surface area (Å²) >= 11 is 0. The molecule has 0 aromatic heterocycles.